The number of carbonyl (C=O) groups excluding carboxylic acids is 2. The van der Waals surface area contributed by atoms with Gasteiger partial charge in [-0.25, -0.2) is 4.39 Å². The molecule has 2 rings (SSSR count). The minimum absolute atomic E-state index is 0.0114. The molecular formula is C14H15F4N3O2. The number of piperidine rings is 1. The first kappa shape index (κ1) is 17.2. The molecule has 5 nitrogen and oxygen atoms in total. The molecule has 126 valence electrons. The van der Waals surface area contributed by atoms with Crippen LogP contribution in [0.25, 0.3) is 0 Å². The second kappa shape index (κ2) is 6.93. The summed E-state index contributed by atoms with van der Waals surface area (Å²) in [5.41, 5.74) is -0.135. The highest BCUT2D eigenvalue weighted by atomic mass is 19.4. The van der Waals surface area contributed by atoms with Gasteiger partial charge in [-0.05, 0) is 24.8 Å². The highest BCUT2D eigenvalue weighted by molar-refractivity contribution is 5.94. The lowest BCUT2D eigenvalue weighted by Crippen LogP contribution is -2.46. The number of amides is 2. The number of nitrogens with one attached hydrogen (secondary N) is 1. The number of hydrogen-bond donors (Lipinski definition) is 1. The van der Waals surface area contributed by atoms with Gasteiger partial charge in [0.05, 0.1) is 11.8 Å². The predicted molar refractivity (Wildman–Crippen MR) is 71.9 cm³/mol. The lowest BCUT2D eigenvalue weighted by molar-refractivity contribution is -0.186. The van der Waals surface area contributed by atoms with Crippen LogP contribution >= 0.6 is 0 Å². The summed E-state index contributed by atoms with van der Waals surface area (Å²) in [6, 6.07) is 1.25. The first-order valence-corrected chi connectivity index (χ1v) is 7.03. The zero-order valence-corrected chi connectivity index (χ0v) is 12.1. The first-order valence-electron chi connectivity index (χ1n) is 7.03. The van der Waals surface area contributed by atoms with Crippen molar-refractivity contribution in [2.24, 2.45) is 5.92 Å². The van der Waals surface area contributed by atoms with Crippen molar-refractivity contribution >= 4 is 11.8 Å². The van der Waals surface area contributed by atoms with E-state index in [0.29, 0.717) is 12.8 Å². The average molecular weight is 333 g/mol. The molecule has 23 heavy (non-hydrogen) atoms. The van der Waals surface area contributed by atoms with Gasteiger partial charge in [0.2, 0.25) is 0 Å². The van der Waals surface area contributed by atoms with Crippen LogP contribution < -0.4 is 5.32 Å². The molecule has 2 amide bonds. The van der Waals surface area contributed by atoms with E-state index in [1.807, 2.05) is 0 Å². The first-order chi connectivity index (χ1) is 10.8. The molecule has 9 heteroatoms. The number of likely N-dealkylation sites (tertiary alicyclic amines) is 1. The van der Waals surface area contributed by atoms with Crippen molar-refractivity contribution in [1.29, 1.82) is 0 Å². The van der Waals surface area contributed by atoms with E-state index in [-0.39, 0.29) is 31.1 Å². The van der Waals surface area contributed by atoms with Crippen LogP contribution in [0.2, 0.25) is 0 Å². The van der Waals surface area contributed by atoms with Crippen LogP contribution in [-0.4, -0.2) is 47.5 Å². The Morgan fingerprint density at radius 2 is 1.96 bits per heavy atom. The van der Waals surface area contributed by atoms with Crippen LogP contribution in [0.3, 0.4) is 0 Å². The molecule has 1 aromatic heterocycles. The van der Waals surface area contributed by atoms with Crippen LogP contribution in [0.4, 0.5) is 17.6 Å². The van der Waals surface area contributed by atoms with Crippen molar-refractivity contribution in [3.8, 4) is 0 Å². The number of halogens is 4. The fourth-order valence-corrected chi connectivity index (χ4v) is 2.41. The Morgan fingerprint density at radius 1 is 1.30 bits per heavy atom. The van der Waals surface area contributed by atoms with Gasteiger partial charge in [0, 0.05) is 25.8 Å². The number of alkyl halides is 3. The summed E-state index contributed by atoms with van der Waals surface area (Å²) < 4.78 is 50.3. The molecule has 1 aliphatic heterocycles. The van der Waals surface area contributed by atoms with Gasteiger partial charge in [0.15, 0.2) is 5.82 Å². The quantitative estimate of drug-likeness (QED) is 0.858. The van der Waals surface area contributed by atoms with E-state index in [0.717, 1.165) is 11.1 Å². The molecule has 0 radical (unpaired) electrons. The lowest BCUT2D eigenvalue weighted by atomic mass is 9.96. The summed E-state index contributed by atoms with van der Waals surface area (Å²) in [6.45, 7) is 0.194. The van der Waals surface area contributed by atoms with Crippen molar-refractivity contribution in [2.75, 3.05) is 19.6 Å². The second-order valence-electron chi connectivity index (χ2n) is 5.30. The van der Waals surface area contributed by atoms with E-state index in [4.69, 9.17) is 0 Å². The molecule has 0 unspecified atom stereocenters. The summed E-state index contributed by atoms with van der Waals surface area (Å²) in [7, 11) is 0. The number of nitrogens with zero attached hydrogens (tertiary/aromatic N) is 2. The van der Waals surface area contributed by atoms with Crippen molar-refractivity contribution in [3.63, 3.8) is 0 Å². The Morgan fingerprint density at radius 3 is 2.52 bits per heavy atom. The maximum absolute atomic E-state index is 13.4. The van der Waals surface area contributed by atoms with E-state index in [1.54, 1.807) is 0 Å². The largest absolute Gasteiger partial charge is 0.471 e. The van der Waals surface area contributed by atoms with Gasteiger partial charge in [-0.15, -0.1) is 0 Å². The lowest BCUT2D eigenvalue weighted by Gasteiger charge is -2.32. The molecule has 0 saturated carbocycles. The van der Waals surface area contributed by atoms with Gasteiger partial charge >= 0.3 is 12.1 Å². The molecule has 0 spiro atoms. The van der Waals surface area contributed by atoms with Gasteiger partial charge in [0.25, 0.3) is 5.91 Å². The Balaban J connectivity index is 1.80. The molecule has 1 aliphatic rings. The Kier molecular flexibility index (Phi) is 5.17. The van der Waals surface area contributed by atoms with Crippen molar-refractivity contribution in [3.05, 3.63) is 29.8 Å². The summed E-state index contributed by atoms with van der Waals surface area (Å²) >= 11 is 0. The third kappa shape index (κ3) is 4.40. The van der Waals surface area contributed by atoms with Gasteiger partial charge in [-0.2, -0.15) is 13.2 Å². The maximum atomic E-state index is 13.4. The highest BCUT2D eigenvalue weighted by Crippen LogP contribution is 2.23. The number of pyridine rings is 1. The molecular weight excluding hydrogens is 318 g/mol. The smallest absolute Gasteiger partial charge is 0.352 e. The van der Waals surface area contributed by atoms with E-state index in [1.165, 1.54) is 12.3 Å². The molecule has 2 heterocycles. The zero-order chi connectivity index (χ0) is 17.0. The van der Waals surface area contributed by atoms with Gasteiger partial charge in [-0.3, -0.25) is 14.6 Å². The van der Waals surface area contributed by atoms with Crippen LogP contribution in [0.1, 0.15) is 23.2 Å². The van der Waals surface area contributed by atoms with Crippen LogP contribution in [0.15, 0.2) is 18.5 Å². The monoisotopic (exact) mass is 333 g/mol. The van der Waals surface area contributed by atoms with Gasteiger partial charge in [-0.1, -0.05) is 0 Å². The molecule has 0 aromatic carbocycles. The SMILES string of the molecule is O=C(NCC1CCN(C(=O)C(F)(F)F)CC1)c1ccncc1F. The number of rotatable bonds is 3. The molecule has 1 saturated heterocycles. The van der Waals surface area contributed by atoms with Crippen molar-refractivity contribution in [1.82, 2.24) is 15.2 Å². The Labute approximate surface area is 129 Å². The number of carbonyl (C=O) groups is 2. The Bertz CT molecular complexity index is 584. The Hall–Kier alpha value is -2.19. The van der Waals surface area contributed by atoms with Crippen molar-refractivity contribution in [2.45, 2.75) is 19.0 Å². The average Bonchev–Trinajstić information content (AvgIpc) is 2.52. The van der Waals surface area contributed by atoms with E-state index in [2.05, 4.69) is 10.3 Å². The third-order valence-electron chi connectivity index (χ3n) is 3.71. The standard InChI is InChI=1S/C14H15F4N3O2/c15-11-8-19-4-1-10(11)12(22)20-7-9-2-5-21(6-3-9)13(23)14(16,17)18/h1,4,8-9H,2-3,5-7H2,(H,20,22). The molecule has 0 atom stereocenters. The van der Waals surface area contributed by atoms with Gasteiger partial charge < -0.3 is 10.2 Å². The predicted octanol–water partition coefficient (Wildman–Crippen LogP) is 1.75. The number of hydrogen-bond acceptors (Lipinski definition) is 3. The third-order valence-corrected chi connectivity index (χ3v) is 3.71. The minimum atomic E-state index is -4.86. The van der Waals surface area contributed by atoms with Crippen LogP contribution in [0, 0.1) is 11.7 Å². The number of aromatic nitrogens is 1. The molecule has 1 aromatic rings. The second-order valence-corrected chi connectivity index (χ2v) is 5.30. The topological polar surface area (TPSA) is 62.3 Å². The summed E-state index contributed by atoms with van der Waals surface area (Å²) in [6.07, 6.45) is -1.95. The van der Waals surface area contributed by atoms with Crippen LogP contribution in [0.5, 0.6) is 0 Å². The van der Waals surface area contributed by atoms with Crippen molar-refractivity contribution < 1.29 is 27.2 Å². The molecule has 0 aliphatic carbocycles. The highest BCUT2D eigenvalue weighted by Gasteiger charge is 2.43. The van der Waals surface area contributed by atoms with Gasteiger partial charge in [0.1, 0.15) is 0 Å². The van der Waals surface area contributed by atoms with E-state index < -0.39 is 23.8 Å². The minimum Gasteiger partial charge on any atom is -0.352 e. The maximum Gasteiger partial charge on any atom is 0.471 e. The summed E-state index contributed by atoms with van der Waals surface area (Å²) in [5, 5.41) is 2.55. The molecule has 1 fully saturated rings. The normalized spacial score (nSPS) is 16.3. The summed E-state index contributed by atoms with van der Waals surface area (Å²) in [5.74, 6) is -3.23. The van der Waals surface area contributed by atoms with Crippen LogP contribution in [-0.2, 0) is 4.79 Å². The van der Waals surface area contributed by atoms with E-state index >= 15 is 0 Å². The molecule has 0 bridgehead atoms. The summed E-state index contributed by atoms with van der Waals surface area (Å²) in [4.78, 5) is 27.2. The zero-order valence-electron chi connectivity index (χ0n) is 12.1. The fourth-order valence-electron chi connectivity index (χ4n) is 2.41. The molecule has 1 N–H and O–H groups in total. The van der Waals surface area contributed by atoms with E-state index in [9.17, 15) is 27.2 Å². The fraction of sp³-hybridized carbons (Fsp3) is 0.500.